The summed E-state index contributed by atoms with van der Waals surface area (Å²) in [5.74, 6) is -0.944. The monoisotopic (exact) mass is 424 g/mol. The van der Waals surface area contributed by atoms with Gasteiger partial charge in [0, 0.05) is 13.2 Å². The highest BCUT2D eigenvalue weighted by molar-refractivity contribution is 7.40. The predicted octanol–water partition coefficient (Wildman–Crippen LogP) is 4.34. The molecule has 0 aromatic carbocycles. The highest BCUT2D eigenvalue weighted by atomic mass is 31.2. The van der Waals surface area contributed by atoms with Gasteiger partial charge < -0.3 is 28.3 Å². The number of carbonyl (C=O) groups is 1. The largest absolute Gasteiger partial charge is 0.481 e. The summed E-state index contributed by atoms with van der Waals surface area (Å²) in [6.07, 6.45) is 9.90. The van der Waals surface area contributed by atoms with Crippen molar-refractivity contribution in [1.29, 1.82) is 0 Å². The summed E-state index contributed by atoms with van der Waals surface area (Å²) in [7, 11) is 3.79. The van der Waals surface area contributed by atoms with Gasteiger partial charge in [-0.05, 0) is 19.3 Å². The van der Waals surface area contributed by atoms with E-state index in [-0.39, 0.29) is 6.42 Å². The lowest BCUT2D eigenvalue weighted by Gasteiger charge is -2.29. The van der Waals surface area contributed by atoms with Gasteiger partial charge in [-0.1, -0.05) is 45.4 Å². The quantitative estimate of drug-likeness (QED) is 0.172. The van der Waals surface area contributed by atoms with Crippen LogP contribution < -0.4 is 0 Å². The number of nitrogens with zero attached hydrogens (tertiary/aromatic N) is 1. The van der Waals surface area contributed by atoms with E-state index in [1.165, 1.54) is 38.5 Å². The van der Waals surface area contributed by atoms with Crippen LogP contribution in [0.3, 0.4) is 0 Å². The van der Waals surface area contributed by atoms with Gasteiger partial charge in [0.05, 0.1) is 34.2 Å². The molecule has 0 spiro atoms. The number of carboxylic acid groups (broad SMARTS) is 1. The number of quaternary nitrogens is 1. The third-order valence-electron chi connectivity index (χ3n) is 4.17. The number of aliphatic carboxylic acids is 1. The standard InChI is InChI=1S/C20H42NO6P/c1-5-6-7-8-9-10-11-14-25-15-12-13-16-26-28(24)27-19(17-20(22)23)18-21(2,3)4/h19,24H,5-18H2,1-4H3/p+1/t19?,28-/m0/s1. The number of hydrogen-bond acceptors (Lipinski definition) is 5. The molecule has 0 fully saturated rings. The topological polar surface area (TPSA) is 85.2 Å². The average molecular weight is 425 g/mol. The van der Waals surface area contributed by atoms with Crippen LogP contribution in [0.4, 0.5) is 0 Å². The fourth-order valence-electron chi connectivity index (χ4n) is 2.81. The molecule has 28 heavy (non-hydrogen) atoms. The highest BCUT2D eigenvalue weighted by Gasteiger charge is 2.25. The van der Waals surface area contributed by atoms with Crippen LogP contribution in [0.1, 0.15) is 71.1 Å². The molecule has 0 bridgehead atoms. The normalized spacial score (nSPS) is 14.2. The van der Waals surface area contributed by atoms with Crippen molar-refractivity contribution in [3.8, 4) is 0 Å². The molecule has 0 aromatic heterocycles. The Kier molecular flexibility index (Phi) is 17.4. The van der Waals surface area contributed by atoms with Crippen molar-refractivity contribution in [1.82, 2.24) is 0 Å². The van der Waals surface area contributed by atoms with E-state index >= 15 is 0 Å². The maximum absolute atomic E-state index is 10.9. The van der Waals surface area contributed by atoms with E-state index in [9.17, 15) is 9.69 Å². The minimum Gasteiger partial charge on any atom is -0.481 e. The van der Waals surface area contributed by atoms with Crippen molar-refractivity contribution >= 4 is 14.6 Å². The van der Waals surface area contributed by atoms with Gasteiger partial charge in [0.1, 0.15) is 12.6 Å². The molecule has 0 aliphatic rings. The molecule has 0 aliphatic heterocycles. The van der Waals surface area contributed by atoms with Gasteiger partial charge >= 0.3 is 14.6 Å². The molecular formula is C20H43NO6P+. The lowest BCUT2D eigenvalue weighted by Crippen LogP contribution is -2.42. The maximum atomic E-state index is 10.9. The molecule has 0 aromatic rings. The van der Waals surface area contributed by atoms with Crippen LogP contribution >= 0.6 is 8.60 Å². The molecule has 0 rings (SSSR count). The van der Waals surface area contributed by atoms with E-state index < -0.39 is 20.7 Å². The summed E-state index contributed by atoms with van der Waals surface area (Å²) >= 11 is 0. The van der Waals surface area contributed by atoms with Crippen LogP contribution in [0.15, 0.2) is 0 Å². The lowest BCUT2D eigenvalue weighted by atomic mass is 10.1. The Bertz CT molecular complexity index is 378. The van der Waals surface area contributed by atoms with Gasteiger partial charge in [-0.25, -0.2) is 0 Å². The SMILES string of the molecule is CCCCCCCCCOCCCCO[P@](O)OC(CC(=O)O)C[N+](C)(C)C. The third kappa shape index (κ3) is 20.4. The van der Waals surface area contributed by atoms with Crippen LogP contribution in [0.25, 0.3) is 0 Å². The summed E-state index contributed by atoms with van der Waals surface area (Å²) in [5, 5.41) is 8.98. The zero-order valence-electron chi connectivity index (χ0n) is 18.4. The van der Waals surface area contributed by atoms with Crippen molar-refractivity contribution in [2.75, 3.05) is 47.5 Å². The van der Waals surface area contributed by atoms with E-state index in [2.05, 4.69) is 6.92 Å². The summed E-state index contributed by atoms with van der Waals surface area (Å²) in [6.45, 7) is 4.61. The molecule has 1 unspecified atom stereocenters. The molecule has 2 atom stereocenters. The van der Waals surface area contributed by atoms with E-state index in [0.717, 1.165) is 25.9 Å². The molecular weight excluding hydrogens is 381 g/mol. The van der Waals surface area contributed by atoms with Crippen molar-refractivity contribution in [3.05, 3.63) is 0 Å². The number of likely N-dealkylation sites (N-methyl/N-ethyl adjacent to an activating group) is 1. The summed E-state index contributed by atoms with van der Waals surface area (Å²) in [6, 6.07) is 0. The van der Waals surface area contributed by atoms with Gasteiger partial charge in [0.2, 0.25) is 0 Å². The van der Waals surface area contributed by atoms with Crippen LogP contribution in [-0.4, -0.2) is 74.1 Å². The van der Waals surface area contributed by atoms with Crippen LogP contribution in [0, 0.1) is 0 Å². The number of carboxylic acids is 1. The Hall–Kier alpha value is -0.300. The zero-order valence-corrected chi connectivity index (χ0v) is 19.3. The number of ether oxygens (including phenoxy) is 1. The maximum Gasteiger partial charge on any atom is 0.330 e. The average Bonchev–Trinajstić information content (AvgIpc) is 2.56. The third-order valence-corrected chi connectivity index (χ3v) is 5.05. The smallest absolute Gasteiger partial charge is 0.330 e. The molecule has 168 valence electrons. The van der Waals surface area contributed by atoms with Crippen molar-refractivity contribution in [2.45, 2.75) is 77.2 Å². The second-order valence-electron chi connectivity index (χ2n) is 8.31. The van der Waals surface area contributed by atoms with Gasteiger partial charge in [0.25, 0.3) is 0 Å². The van der Waals surface area contributed by atoms with Crippen molar-refractivity contribution in [3.63, 3.8) is 0 Å². The Morgan fingerprint density at radius 3 is 2.04 bits per heavy atom. The molecule has 0 aliphatic carbocycles. The van der Waals surface area contributed by atoms with E-state index in [1.54, 1.807) is 0 Å². The second-order valence-corrected chi connectivity index (χ2v) is 9.25. The predicted molar refractivity (Wildman–Crippen MR) is 113 cm³/mol. The summed E-state index contributed by atoms with van der Waals surface area (Å²) in [5.41, 5.74) is 0. The van der Waals surface area contributed by atoms with E-state index in [0.29, 0.717) is 24.2 Å². The number of hydrogen-bond donors (Lipinski definition) is 2. The molecule has 0 amide bonds. The first-order valence-corrected chi connectivity index (χ1v) is 11.8. The molecule has 0 saturated carbocycles. The first kappa shape index (κ1) is 27.7. The van der Waals surface area contributed by atoms with Gasteiger partial charge in [-0.15, -0.1) is 0 Å². The lowest BCUT2D eigenvalue weighted by molar-refractivity contribution is -0.873. The van der Waals surface area contributed by atoms with Gasteiger partial charge in [-0.2, -0.15) is 0 Å². The first-order chi connectivity index (χ1) is 13.2. The minimum atomic E-state index is -2.06. The number of rotatable bonds is 20. The van der Waals surface area contributed by atoms with E-state index in [1.807, 2.05) is 21.1 Å². The van der Waals surface area contributed by atoms with Gasteiger partial charge in [0.15, 0.2) is 0 Å². The van der Waals surface area contributed by atoms with E-state index in [4.69, 9.17) is 18.9 Å². The van der Waals surface area contributed by atoms with Crippen molar-refractivity contribution in [2.24, 2.45) is 0 Å². The summed E-state index contributed by atoms with van der Waals surface area (Å²) < 4.78 is 16.9. The Morgan fingerprint density at radius 2 is 1.46 bits per heavy atom. The first-order valence-electron chi connectivity index (χ1n) is 10.6. The van der Waals surface area contributed by atoms with Crippen molar-refractivity contribution < 1.29 is 33.1 Å². The fourth-order valence-corrected chi connectivity index (χ4v) is 3.55. The minimum absolute atomic E-state index is 0.148. The molecule has 8 heteroatoms. The Labute approximate surface area is 172 Å². The van der Waals surface area contributed by atoms with Crippen LogP contribution in [0.5, 0.6) is 0 Å². The summed E-state index contributed by atoms with van der Waals surface area (Å²) in [4.78, 5) is 20.8. The Balaban J connectivity index is 3.61. The zero-order chi connectivity index (χ0) is 21.3. The molecule has 2 N–H and O–H groups in total. The van der Waals surface area contributed by atoms with Gasteiger partial charge in [-0.3, -0.25) is 4.79 Å². The number of unbranched alkanes of at least 4 members (excludes halogenated alkanes) is 7. The molecule has 0 heterocycles. The second kappa shape index (κ2) is 17.5. The fraction of sp³-hybridized carbons (Fsp3) is 0.950. The molecule has 0 radical (unpaired) electrons. The van der Waals surface area contributed by atoms with Crippen LogP contribution in [-0.2, 0) is 18.6 Å². The molecule has 7 nitrogen and oxygen atoms in total. The highest BCUT2D eigenvalue weighted by Crippen LogP contribution is 2.35. The van der Waals surface area contributed by atoms with Crippen LogP contribution in [0.2, 0.25) is 0 Å². The Morgan fingerprint density at radius 1 is 0.929 bits per heavy atom. The molecule has 0 saturated heterocycles.